The molecule has 0 N–H and O–H groups in total. The fraction of sp³-hybridized carbons (Fsp3) is 0.462. The second kappa shape index (κ2) is 5.63. The number of Topliss-reactive ketones (excluding diaryl/α,β-unsaturated/α-hetero) is 1. The van der Waals surface area contributed by atoms with Crippen molar-refractivity contribution in [3.8, 4) is 0 Å². The minimum Gasteiger partial charge on any atom is -0.380 e. The van der Waals surface area contributed by atoms with Gasteiger partial charge in [-0.2, -0.15) is 0 Å². The van der Waals surface area contributed by atoms with Gasteiger partial charge in [-0.25, -0.2) is 0 Å². The van der Waals surface area contributed by atoms with Gasteiger partial charge in [-0.05, 0) is 25.6 Å². The van der Waals surface area contributed by atoms with E-state index in [0.717, 1.165) is 19.6 Å². The molecule has 17 heavy (non-hydrogen) atoms. The molecule has 1 unspecified atom stereocenters. The van der Waals surface area contributed by atoms with E-state index in [1.807, 2.05) is 7.05 Å². The third-order valence-corrected chi connectivity index (χ3v) is 3.30. The number of carbonyl (C=O) groups is 1. The monoisotopic (exact) mass is 253 g/mol. The highest BCUT2D eigenvalue weighted by molar-refractivity contribution is 6.31. The summed E-state index contributed by atoms with van der Waals surface area (Å²) in [5.74, 6) is 0.0990. The van der Waals surface area contributed by atoms with Gasteiger partial charge < -0.3 is 4.74 Å². The highest BCUT2D eigenvalue weighted by Crippen LogP contribution is 2.14. The summed E-state index contributed by atoms with van der Waals surface area (Å²) in [6, 6.07) is 7.44. The lowest BCUT2D eigenvalue weighted by molar-refractivity contribution is 0.0907. The molecule has 92 valence electrons. The van der Waals surface area contributed by atoms with Crippen LogP contribution in [-0.4, -0.2) is 43.5 Å². The average Bonchev–Trinajstić information content (AvgIpc) is 2.82. The summed E-state index contributed by atoms with van der Waals surface area (Å²) in [6.45, 7) is 1.92. The van der Waals surface area contributed by atoms with E-state index in [1.165, 1.54) is 0 Å². The molecule has 4 heteroatoms. The van der Waals surface area contributed by atoms with Crippen LogP contribution >= 0.6 is 11.6 Å². The molecule has 1 aromatic rings. The first kappa shape index (κ1) is 12.6. The van der Waals surface area contributed by atoms with Crippen LogP contribution < -0.4 is 0 Å². The second-order valence-electron chi connectivity index (χ2n) is 4.37. The minimum atomic E-state index is 0.0990. The topological polar surface area (TPSA) is 29.5 Å². The van der Waals surface area contributed by atoms with Gasteiger partial charge >= 0.3 is 0 Å². The van der Waals surface area contributed by atoms with E-state index in [9.17, 15) is 4.79 Å². The number of ether oxygens (including phenoxy) is 1. The zero-order valence-electron chi connectivity index (χ0n) is 9.86. The molecule has 1 aliphatic heterocycles. The largest absolute Gasteiger partial charge is 0.380 e. The van der Waals surface area contributed by atoms with Crippen molar-refractivity contribution in [1.29, 1.82) is 0 Å². The molecule has 1 aliphatic rings. The predicted octanol–water partition coefficient (Wildman–Crippen LogP) is 2.24. The standard InChI is InChI=1S/C13H16ClNO2/c1-15(12-5-6-17-9-12)8-13(16)10-3-2-4-11(14)7-10/h2-4,7,12H,5-6,8-9H2,1H3. The smallest absolute Gasteiger partial charge is 0.176 e. The lowest BCUT2D eigenvalue weighted by atomic mass is 10.1. The molecule has 1 fully saturated rings. The molecule has 0 radical (unpaired) electrons. The summed E-state index contributed by atoms with van der Waals surface area (Å²) >= 11 is 5.87. The van der Waals surface area contributed by atoms with E-state index in [0.29, 0.717) is 23.2 Å². The van der Waals surface area contributed by atoms with Crippen molar-refractivity contribution in [2.75, 3.05) is 26.8 Å². The van der Waals surface area contributed by atoms with Crippen LogP contribution in [0, 0.1) is 0 Å². The SMILES string of the molecule is CN(CC(=O)c1cccc(Cl)c1)C1CCOC1. The average molecular weight is 254 g/mol. The number of carbonyl (C=O) groups excluding carboxylic acids is 1. The van der Waals surface area contributed by atoms with Gasteiger partial charge in [-0.3, -0.25) is 9.69 Å². The Morgan fingerprint density at radius 3 is 3.06 bits per heavy atom. The van der Waals surface area contributed by atoms with Crippen LogP contribution in [0.4, 0.5) is 0 Å². The van der Waals surface area contributed by atoms with Gasteiger partial charge in [0.1, 0.15) is 0 Å². The Kier molecular flexibility index (Phi) is 4.15. The number of nitrogens with zero attached hydrogens (tertiary/aromatic N) is 1. The Bertz CT molecular complexity index is 402. The van der Waals surface area contributed by atoms with Gasteiger partial charge in [0.2, 0.25) is 0 Å². The Morgan fingerprint density at radius 1 is 1.59 bits per heavy atom. The number of rotatable bonds is 4. The molecule has 1 saturated heterocycles. The van der Waals surface area contributed by atoms with Gasteiger partial charge in [0.25, 0.3) is 0 Å². The van der Waals surface area contributed by atoms with Crippen LogP contribution in [0.25, 0.3) is 0 Å². The van der Waals surface area contributed by atoms with Crippen molar-refractivity contribution in [3.05, 3.63) is 34.9 Å². The third-order valence-electron chi connectivity index (χ3n) is 3.07. The van der Waals surface area contributed by atoms with Gasteiger partial charge in [-0.1, -0.05) is 23.7 Å². The van der Waals surface area contributed by atoms with Crippen molar-refractivity contribution < 1.29 is 9.53 Å². The van der Waals surface area contributed by atoms with Gasteiger partial charge in [0.05, 0.1) is 13.2 Å². The van der Waals surface area contributed by atoms with E-state index in [2.05, 4.69) is 4.90 Å². The fourth-order valence-electron chi connectivity index (χ4n) is 1.98. The lowest BCUT2D eigenvalue weighted by Gasteiger charge is -2.21. The molecule has 1 heterocycles. The first-order chi connectivity index (χ1) is 8.16. The molecule has 0 aromatic heterocycles. The van der Waals surface area contributed by atoms with Crippen molar-refractivity contribution in [2.45, 2.75) is 12.5 Å². The fourth-order valence-corrected chi connectivity index (χ4v) is 2.17. The number of hydrogen-bond acceptors (Lipinski definition) is 3. The number of benzene rings is 1. The van der Waals surface area contributed by atoms with E-state index in [-0.39, 0.29) is 5.78 Å². The Balaban J connectivity index is 1.96. The van der Waals surface area contributed by atoms with Crippen LogP contribution in [0.1, 0.15) is 16.8 Å². The van der Waals surface area contributed by atoms with Crippen molar-refractivity contribution in [1.82, 2.24) is 4.90 Å². The van der Waals surface area contributed by atoms with Gasteiger partial charge in [0, 0.05) is 23.2 Å². The number of likely N-dealkylation sites (N-methyl/N-ethyl adjacent to an activating group) is 1. The summed E-state index contributed by atoms with van der Waals surface area (Å²) < 4.78 is 5.31. The molecule has 3 nitrogen and oxygen atoms in total. The Hall–Kier alpha value is -0.900. The molecule has 2 rings (SSSR count). The van der Waals surface area contributed by atoms with Crippen molar-refractivity contribution in [2.24, 2.45) is 0 Å². The summed E-state index contributed by atoms with van der Waals surface area (Å²) in [5.41, 5.74) is 0.670. The molecule has 0 amide bonds. The van der Waals surface area contributed by atoms with E-state index in [4.69, 9.17) is 16.3 Å². The summed E-state index contributed by atoms with van der Waals surface area (Å²) in [7, 11) is 1.96. The number of halogens is 1. The van der Waals surface area contributed by atoms with Gasteiger partial charge in [-0.15, -0.1) is 0 Å². The summed E-state index contributed by atoms with van der Waals surface area (Å²) in [6.07, 6.45) is 0.999. The molecule has 0 spiro atoms. The van der Waals surface area contributed by atoms with Crippen LogP contribution in [-0.2, 0) is 4.74 Å². The highest BCUT2D eigenvalue weighted by Gasteiger charge is 2.22. The van der Waals surface area contributed by atoms with Gasteiger partial charge in [0.15, 0.2) is 5.78 Å². The Labute approximate surface area is 106 Å². The summed E-state index contributed by atoms with van der Waals surface area (Å²) in [5, 5.41) is 0.600. The minimum absolute atomic E-state index is 0.0990. The number of ketones is 1. The molecule has 0 bridgehead atoms. The number of hydrogen-bond donors (Lipinski definition) is 0. The lowest BCUT2D eigenvalue weighted by Crippen LogP contribution is -2.36. The zero-order valence-corrected chi connectivity index (χ0v) is 10.6. The molecule has 0 aliphatic carbocycles. The predicted molar refractivity (Wildman–Crippen MR) is 67.6 cm³/mol. The second-order valence-corrected chi connectivity index (χ2v) is 4.80. The molecular formula is C13H16ClNO2. The first-order valence-corrected chi connectivity index (χ1v) is 6.11. The molecule has 1 aromatic carbocycles. The zero-order chi connectivity index (χ0) is 12.3. The maximum atomic E-state index is 12.0. The molecule has 0 saturated carbocycles. The van der Waals surface area contributed by atoms with Crippen LogP contribution in [0.2, 0.25) is 5.02 Å². The highest BCUT2D eigenvalue weighted by atomic mass is 35.5. The quantitative estimate of drug-likeness (QED) is 0.771. The van der Waals surface area contributed by atoms with E-state index >= 15 is 0 Å². The van der Waals surface area contributed by atoms with Crippen LogP contribution in [0.5, 0.6) is 0 Å². The van der Waals surface area contributed by atoms with Crippen LogP contribution in [0.3, 0.4) is 0 Å². The van der Waals surface area contributed by atoms with E-state index in [1.54, 1.807) is 24.3 Å². The Morgan fingerprint density at radius 2 is 2.41 bits per heavy atom. The summed E-state index contributed by atoms with van der Waals surface area (Å²) in [4.78, 5) is 14.1. The normalized spacial score (nSPS) is 19.8. The first-order valence-electron chi connectivity index (χ1n) is 5.73. The molecule has 1 atom stereocenters. The van der Waals surface area contributed by atoms with E-state index < -0.39 is 0 Å². The van der Waals surface area contributed by atoms with Crippen LogP contribution in [0.15, 0.2) is 24.3 Å². The molecular weight excluding hydrogens is 238 g/mol. The maximum Gasteiger partial charge on any atom is 0.176 e. The van der Waals surface area contributed by atoms with Crippen molar-refractivity contribution in [3.63, 3.8) is 0 Å². The van der Waals surface area contributed by atoms with Crippen molar-refractivity contribution >= 4 is 17.4 Å². The maximum absolute atomic E-state index is 12.0. The third kappa shape index (κ3) is 3.28.